The van der Waals surface area contributed by atoms with Crippen LogP contribution >= 0.6 is 0 Å². The summed E-state index contributed by atoms with van der Waals surface area (Å²) >= 11 is 0. The number of imidazole rings is 1. The van der Waals surface area contributed by atoms with Gasteiger partial charge in [0.1, 0.15) is 17.3 Å². The third kappa shape index (κ3) is 3.81. The van der Waals surface area contributed by atoms with Crippen LogP contribution in [0.25, 0.3) is 0 Å². The molecule has 2 rings (SSSR count). The maximum absolute atomic E-state index is 12.4. The second-order valence-corrected chi connectivity index (χ2v) is 5.32. The zero-order chi connectivity index (χ0) is 15.4. The van der Waals surface area contributed by atoms with Gasteiger partial charge < -0.3 is 14.8 Å². The van der Waals surface area contributed by atoms with E-state index in [4.69, 9.17) is 0 Å². The van der Waals surface area contributed by atoms with Crippen molar-refractivity contribution in [2.75, 3.05) is 12.4 Å². The Bertz CT molecular complexity index is 620. The van der Waals surface area contributed by atoms with Crippen molar-refractivity contribution < 1.29 is 4.79 Å². The number of carbonyl (C=O) groups excluding carboxylic acids is 1. The number of aryl methyl sites for hydroxylation is 1. The van der Waals surface area contributed by atoms with Crippen LogP contribution in [0, 0.1) is 0 Å². The smallest absolute Gasteiger partial charge is 0.272 e. The second kappa shape index (κ2) is 6.39. The Hall–Kier alpha value is -2.37. The second-order valence-electron chi connectivity index (χ2n) is 5.32. The molecule has 2 aromatic rings. The molecular weight excluding hydrogens is 266 g/mol. The summed E-state index contributed by atoms with van der Waals surface area (Å²) in [5, 5.41) is 3.20. The number of pyridine rings is 1. The van der Waals surface area contributed by atoms with Gasteiger partial charge in [-0.2, -0.15) is 0 Å². The van der Waals surface area contributed by atoms with Gasteiger partial charge in [-0.25, -0.2) is 9.97 Å². The van der Waals surface area contributed by atoms with Gasteiger partial charge in [-0.15, -0.1) is 0 Å². The fourth-order valence-corrected chi connectivity index (χ4v) is 1.96. The lowest BCUT2D eigenvalue weighted by Gasteiger charge is -2.17. The first-order chi connectivity index (χ1) is 9.97. The predicted octanol–water partition coefficient (Wildman–Crippen LogP) is 1.91. The molecule has 6 nitrogen and oxygen atoms in total. The van der Waals surface area contributed by atoms with Crippen LogP contribution < -0.4 is 5.32 Å². The first-order valence-electron chi connectivity index (χ1n) is 6.92. The van der Waals surface area contributed by atoms with E-state index in [0.29, 0.717) is 18.1 Å². The minimum atomic E-state index is -0.120. The summed E-state index contributed by atoms with van der Waals surface area (Å²) in [6, 6.07) is 5.69. The van der Waals surface area contributed by atoms with Gasteiger partial charge in [0, 0.05) is 32.5 Å². The molecular formula is C15H21N5O. The molecule has 1 amide bonds. The molecule has 0 atom stereocenters. The molecule has 6 heteroatoms. The molecule has 0 saturated heterocycles. The zero-order valence-corrected chi connectivity index (χ0v) is 12.9. The van der Waals surface area contributed by atoms with Crippen molar-refractivity contribution in [3.05, 3.63) is 42.1 Å². The summed E-state index contributed by atoms with van der Waals surface area (Å²) in [6.07, 6.45) is 3.58. The standard InChI is InChI=1S/C15H21N5O/c1-11(2)17-13-7-5-6-12(18-13)15(21)20(4)10-14-16-8-9-19(14)3/h5-9,11H,10H2,1-4H3,(H,17,18). The number of nitrogens with zero attached hydrogens (tertiary/aromatic N) is 4. The van der Waals surface area contributed by atoms with E-state index in [9.17, 15) is 4.79 Å². The Labute approximate surface area is 124 Å². The van der Waals surface area contributed by atoms with E-state index in [1.54, 1.807) is 24.2 Å². The monoisotopic (exact) mass is 287 g/mol. The van der Waals surface area contributed by atoms with Crippen LogP contribution in [-0.4, -0.2) is 38.4 Å². The van der Waals surface area contributed by atoms with Gasteiger partial charge in [0.2, 0.25) is 0 Å². The van der Waals surface area contributed by atoms with Crippen molar-refractivity contribution in [3.63, 3.8) is 0 Å². The number of aromatic nitrogens is 3. The first kappa shape index (κ1) is 15.0. The molecule has 0 radical (unpaired) electrons. The van der Waals surface area contributed by atoms with Crippen LogP contribution in [0.3, 0.4) is 0 Å². The zero-order valence-electron chi connectivity index (χ0n) is 12.9. The molecule has 0 spiro atoms. The molecule has 0 aliphatic carbocycles. The van der Waals surface area contributed by atoms with Crippen LogP contribution in [0.2, 0.25) is 0 Å². The predicted molar refractivity (Wildman–Crippen MR) is 82.0 cm³/mol. The van der Waals surface area contributed by atoms with Crippen LogP contribution in [0.4, 0.5) is 5.82 Å². The number of anilines is 1. The van der Waals surface area contributed by atoms with Crippen molar-refractivity contribution in [1.29, 1.82) is 0 Å². The summed E-state index contributed by atoms with van der Waals surface area (Å²) in [7, 11) is 3.66. The maximum atomic E-state index is 12.4. The van der Waals surface area contributed by atoms with Crippen LogP contribution in [0.5, 0.6) is 0 Å². The minimum absolute atomic E-state index is 0.120. The molecule has 0 unspecified atom stereocenters. The Morgan fingerprint density at radius 1 is 1.43 bits per heavy atom. The lowest BCUT2D eigenvalue weighted by atomic mass is 10.3. The lowest BCUT2D eigenvalue weighted by molar-refractivity contribution is 0.0775. The Morgan fingerprint density at radius 2 is 2.19 bits per heavy atom. The van der Waals surface area contributed by atoms with Gasteiger partial charge in [0.15, 0.2) is 0 Å². The van der Waals surface area contributed by atoms with Crippen molar-refractivity contribution in [2.24, 2.45) is 7.05 Å². The van der Waals surface area contributed by atoms with E-state index in [0.717, 1.165) is 5.82 Å². The number of rotatable bonds is 5. The van der Waals surface area contributed by atoms with E-state index < -0.39 is 0 Å². The van der Waals surface area contributed by atoms with Crippen molar-refractivity contribution >= 4 is 11.7 Å². The summed E-state index contributed by atoms with van der Waals surface area (Å²) < 4.78 is 1.90. The Morgan fingerprint density at radius 3 is 2.81 bits per heavy atom. The highest BCUT2D eigenvalue weighted by Crippen LogP contribution is 2.09. The summed E-state index contributed by atoms with van der Waals surface area (Å²) in [5.74, 6) is 1.42. The van der Waals surface area contributed by atoms with Gasteiger partial charge in [0.25, 0.3) is 5.91 Å². The molecule has 0 aliphatic rings. The number of hydrogen-bond donors (Lipinski definition) is 1. The molecule has 2 aromatic heterocycles. The first-order valence-corrected chi connectivity index (χ1v) is 6.92. The third-order valence-electron chi connectivity index (χ3n) is 3.05. The average molecular weight is 287 g/mol. The topological polar surface area (TPSA) is 63.1 Å². The van der Waals surface area contributed by atoms with Crippen LogP contribution in [-0.2, 0) is 13.6 Å². The Balaban J connectivity index is 2.10. The number of carbonyl (C=O) groups is 1. The quantitative estimate of drug-likeness (QED) is 0.912. The summed E-state index contributed by atoms with van der Waals surface area (Å²) in [4.78, 5) is 22.6. The Kier molecular flexibility index (Phi) is 4.57. The number of nitrogens with one attached hydrogen (secondary N) is 1. The fraction of sp³-hybridized carbons (Fsp3) is 0.400. The highest BCUT2D eigenvalue weighted by Gasteiger charge is 2.15. The highest BCUT2D eigenvalue weighted by molar-refractivity contribution is 5.92. The van der Waals surface area contributed by atoms with Crippen molar-refractivity contribution in [2.45, 2.75) is 26.4 Å². The van der Waals surface area contributed by atoms with E-state index in [1.165, 1.54) is 0 Å². The SMILES string of the molecule is CC(C)Nc1cccc(C(=O)N(C)Cc2nccn2C)n1. The highest BCUT2D eigenvalue weighted by atomic mass is 16.2. The van der Waals surface area contributed by atoms with Gasteiger partial charge in [0.05, 0.1) is 6.54 Å². The molecule has 0 fully saturated rings. The molecule has 2 heterocycles. The number of amides is 1. The molecule has 0 aromatic carbocycles. The molecule has 0 aliphatic heterocycles. The van der Waals surface area contributed by atoms with E-state index in [-0.39, 0.29) is 11.9 Å². The van der Waals surface area contributed by atoms with E-state index >= 15 is 0 Å². The van der Waals surface area contributed by atoms with Gasteiger partial charge in [-0.1, -0.05) is 6.07 Å². The summed E-state index contributed by atoms with van der Waals surface area (Å²) in [6.45, 7) is 4.51. The molecule has 0 saturated carbocycles. The van der Waals surface area contributed by atoms with Crippen LogP contribution in [0.1, 0.15) is 30.2 Å². The van der Waals surface area contributed by atoms with Crippen LogP contribution in [0.15, 0.2) is 30.6 Å². The van der Waals surface area contributed by atoms with Gasteiger partial charge in [-0.3, -0.25) is 4.79 Å². The maximum Gasteiger partial charge on any atom is 0.272 e. The normalized spacial score (nSPS) is 10.7. The summed E-state index contributed by atoms with van der Waals surface area (Å²) in [5.41, 5.74) is 0.428. The average Bonchev–Trinajstić information content (AvgIpc) is 2.83. The molecule has 21 heavy (non-hydrogen) atoms. The fourth-order valence-electron chi connectivity index (χ4n) is 1.96. The number of hydrogen-bond acceptors (Lipinski definition) is 4. The third-order valence-corrected chi connectivity index (χ3v) is 3.05. The van der Waals surface area contributed by atoms with E-state index in [2.05, 4.69) is 15.3 Å². The molecule has 0 bridgehead atoms. The van der Waals surface area contributed by atoms with Gasteiger partial charge >= 0.3 is 0 Å². The lowest BCUT2D eigenvalue weighted by Crippen LogP contribution is -2.28. The largest absolute Gasteiger partial charge is 0.368 e. The molecule has 1 N–H and O–H groups in total. The minimum Gasteiger partial charge on any atom is -0.368 e. The van der Waals surface area contributed by atoms with Crippen molar-refractivity contribution in [3.8, 4) is 0 Å². The molecule has 112 valence electrons. The van der Waals surface area contributed by atoms with E-state index in [1.807, 2.05) is 43.8 Å². The van der Waals surface area contributed by atoms with Crippen molar-refractivity contribution in [1.82, 2.24) is 19.4 Å². The van der Waals surface area contributed by atoms with Gasteiger partial charge in [-0.05, 0) is 26.0 Å².